The first-order chi connectivity index (χ1) is 18.9. The fourth-order valence-corrected chi connectivity index (χ4v) is 4.90. The van der Waals surface area contributed by atoms with E-state index in [0.717, 1.165) is 56.2 Å². The molecule has 0 fully saturated rings. The lowest BCUT2D eigenvalue weighted by Crippen LogP contribution is -2.19. The number of hydrogen-bond donors (Lipinski definition) is 2. The van der Waals surface area contributed by atoms with Crippen molar-refractivity contribution in [1.82, 2.24) is 14.9 Å². The van der Waals surface area contributed by atoms with Gasteiger partial charge in [0.15, 0.2) is 0 Å². The van der Waals surface area contributed by atoms with Gasteiger partial charge in [-0.25, -0.2) is 9.78 Å². The van der Waals surface area contributed by atoms with Crippen LogP contribution in [-0.2, 0) is 6.42 Å². The fraction of sp³-hybridized carbons (Fsp3) is 0.250. The van der Waals surface area contributed by atoms with Gasteiger partial charge in [-0.2, -0.15) is 0 Å². The van der Waals surface area contributed by atoms with Crippen molar-refractivity contribution in [3.05, 3.63) is 89.7 Å². The number of carboxylic acids is 1. The number of hydrogen-bond acceptors (Lipinski definition) is 5. The zero-order chi connectivity index (χ0) is 27.4. The Hall–Kier alpha value is -4.36. The molecular formula is C32H33N3O4. The molecule has 39 heavy (non-hydrogen) atoms. The fourth-order valence-electron chi connectivity index (χ4n) is 4.90. The number of nitrogens with one attached hydrogen (secondary N) is 1. The van der Waals surface area contributed by atoms with Crippen LogP contribution in [0.4, 0.5) is 0 Å². The van der Waals surface area contributed by atoms with Gasteiger partial charge in [0.2, 0.25) is 5.88 Å². The third-order valence-electron chi connectivity index (χ3n) is 6.89. The van der Waals surface area contributed by atoms with Crippen LogP contribution in [0.1, 0.15) is 28.0 Å². The van der Waals surface area contributed by atoms with Gasteiger partial charge in [-0.3, -0.25) is 0 Å². The Balaban J connectivity index is 1.40. The lowest BCUT2D eigenvalue weighted by Gasteiger charge is -2.13. The van der Waals surface area contributed by atoms with Crippen LogP contribution in [0.5, 0.6) is 11.6 Å². The summed E-state index contributed by atoms with van der Waals surface area (Å²) in [6.07, 6.45) is 3.05. The molecule has 0 atom stereocenters. The first-order valence-electron chi connectivity index (χ1n) is 13.1. The van der Waals surface area contributed by atoms with Gasteiger partial charge < -0.3 is 24.5 Å². The number of carbonyl (C=O) groups is 1. The van der Waals surface area contributed by atoms with Gasteiger partial charge in [-0.05, 0) is 62.0 Å². The van der Waals surface area contributed by atoms with Gasteiger partial charge in [-0.15, -0.1) is 0 Å². The monoisotopic (exact) mass is 523 g/mol. The van der Waals surface area contributed by atoms with E-state index in [4.69, 9.17) is 9.47 Å². The van der Waals surface area contributed by atoms with E-state index in [0.29, 0.717) is 31.9 Å². The molecule has 5 aromatic rings. The van der Waals surface area contributed by atoms with Crippen molar-refractivity contribution in [3.8, 4) is 22.8 Å². The van der Waals surface area contributed by atoms with Gasteiger partial charge in [-0.1, -0.05) is 54.6 Å². The predicted molar refractivity (Wildman–Crippen MR) is 155 cm³/mol. The third-order valence-corrected chi connectivity index (χ3v) is 6.89. The number of aromatic amines is 1. The molecule has 0 unspecified atom stereocenters. The molecule has 0 aliphatic rings. The molecule has 7 nitrogen and oxygen atoms in total. The van der Waals surface area contributed by atoms with Crippen molar-refractivity contribution in [2.75, 3.05) is 33.9 Å². The minimum atomic E-state index is -0.971. The number of fused-ring (bicyclic) bond motifs is 2. The lowest BCUT2D eigenvalue weighted by molar-refractivity contribution is 0.0690. The summed E-state index contributed by atoms with van der Waals surface area (Å²) >= 11 is 0. The molecule has 0 aliphatic carbocycles. The number of H-pyrrole nitrogens is 1. The van der Waals surface area contributed by atoms with E-state index in [9.17, 15) is 9.90 Å². The van der Waals surface area contributed by atoms with Gasteiger partial charge in [0, 0.05) is 35.1 Å². The van der Waals surface area contributed by atoms with Crippen LogP contribution < -0.4 is 9.47 Å². The Morgan fingerprint density at radius 2 is 1.72 bits per heavy atom. The Morgan fingerprint density at radius 1 is 0.949 bits per heavy atom. The van der Waals surface area contributed by atoms with Gasteiger partial charge >= 0.3 is 5.97 Å². The quantitative estimate of drug-likeness (QED) is 0.196. The van der Waals surface area contributed by atoms with E-state index in [2.05, 4.69) is 27.0 Å². The molecule has 2 heterocycles. The molecule has 5 rings (SSSR count). The molecule has 0 bridgehead atoms. The van der Waals surface area contributed by atoms with Crippen molar-refractivity contribution < 1.29 is 19.4 Å². The maximum absolute atomic E-state index is 12.2. The zero-order valence-electron chi connectivity index (χ0n) is 22.5. The predicted octanol–water partition coefficient (Wildman–Crippen LogP) is 6.34. The number of nitrogens with zero attached hydrogens (tertiary/aromatic N) is 2. The molecule has 0 saturated carbocycles. The average molecular weight is 524 g/mol. The zero-order valence-corrected chi connectivity index (χ0v) is 22.5. The Bertz CT molecular complexity index is 1620. The van der Waals surface area contributed by atoms with Crippen LogP contribution in [0.15, 0.2) is 72.9 Å². The number of ether oxygens (including phenoxy) is 2. The normalized spacial score (nSPS) is 11.4. The number of pyridine rings is 1. The van der Waals surface area contributed by atoms with Crippen molar-refractivity contribution in [2.45, 2.75) is 19.8 Å². The number of aryl methyl sites for hydroxylation is 2. The SMILES string of the molecule is Cc1cnc(OCCN(C)C)cc1-c1cccc2c(CCCOc3cccc4ccccc34)c(C(=O)O)[nH]c12. The summed E-state index contributed by atoms with van der Waals surface area (Å²) in [7, 11) is 3.99. The minimum Gasteiger partial charge on any atom is -0.493 e. The van der Waals surface area contributed by atoms with Gasteiger partial charge in [0.25, 0.3) is 0 Å². The van der Waals surface area contributed by atoms with E-state index in [1.165, 1.54) is 0 Å². The summed E-state index contributed by atoms with van der Waals surface area (Å²) in [4.78, 5) is 21.9. The topological polar surface area (TPSA) is 87.7 Å². The van der Waals surface area contributed by atoms with Crippen molar-refractivity contribution >= 4 is 27.6 Å². The number of carboxylic acid groups (broad SMARTS) is 1. The molecule has 0 amide bonds. The van der Waals surface area contributed by atoms with E-state index >= 15 is 0 Å². The summed E-state index contributed by atoms with van der Waals surface area (Å²) in [5.41, 5.74) is 4.67. The minimum absolute atomic E-state index is 0.219. The smallest absolute Gasteiger partial charge is 0.352 e. The second-order valence-electron chi connectivity index (χ2n) is 9.93. The average Bonchev–Trinajstić information content (AvgIpc) is 3.31. The molecule has 7 heteroatoms. The molecule has 200 valence electrons. The maximum atomic E-state index is 12.2. The molecule has 0 saturated heterocycles. The number of benzene rings is 3. The van der Waals surface area contributed by atoms with Crippen molar-refractivity contribution in [1.29, 1.82) is 0 Å². The molecule has 0 spiro atoms. The van der Waals surface area contributed by atoms with E-state index in [1.807, 2.05) is 75.6 Å². The summed E-state index contributed by atoms with van der Waals surface area (Å²) in [5.74, 6) is 0.413. The first kappa shape index (κ1) is 26.3. The first-order valence-corrected chi connectivity index (χ1v) is 13.1. The summed E-state index contributed by atoms with van der Waals surface area (Å²) in [5, 5.41) is 13.1. The highest BCUT2D eigenvalue weighted by atomic mass is 16.5. The third kappa shape index (κ3) is 5.73. The van der Waals surface area contributed by atoms with Crippen LogP contribution in [0.25, 0.3) is 32.8 Å². The van der Waals surface area contributed by atoms with Crippen LogP contribution >= 0.6 is 0 Å². The van der Waals surface area contributed by atoms with Crippen molar-refractivity contribution in [2.24, 2.45) is 0 Å². The summed E-state index contributed by atoms with van der Waals surface area (Å²) in [6.45, 7) is 3.80. The van der Waals surface area contributed by atoms with E-state index in [-0.39, 0.29) is 5.69 Å². The van der Waals surface area contributed by atoms with Gasteiger partial charge in [0.1, 0.15) is 18.1 Å². The number of aromatic nitrogens is 2. The molecule has 3 aromatic carbocycles. The highest BCUT2D eigenvalue weighted by Crippen LogP contribution is 2.35. The highest BCUT2D eigenvalue weighted by Gasteiger charge is 2.20. The Kier molecular flexibility index (Phi) is 7.79. The molecule has 0 radical (unpaired) electrons. The largest absolute Gasteiger partial charge is 0.493 e. The Labute approximate surface area is 228 Å². The Morgan fingerprint density at radius 3 is 2.54 bits per heavy atom. The number of para-hydroxylation sites is 1. The van der Waals surface area contributed by atoms with E-state index in [1.54, 1.807) is 6.20 Å². The van der Waals surface area contributed by atoms with E-state index < -0.39 is 5.97 Å². The van der Waals surface area contributed by atoms with Crippen molar-refractivity contribution in [3.63, 3.8) is 0 Å². The van der Waals surface area contributed by atoms with Crippen LogP contribution in [0.2, 0.25) is 0 Å². The second-order valence-corrected chi connectivity index (χ2v) is 9.93. The second kappa shape index (κ2) is 11.6. The molecule has 2 aromatic heterocycles. The summed E-state index contributed by atoms with van der Waals surface area (Å²) < 4.78 is 12.0. The van der Waals surface area contributed by atoms with Crippen LogP contribution in [0.3, 0.4) is 0 Å². The van der Waals surface area contributed by atoms with Crippen LogP contribution in [-0.4, -0.2) is 59.8 Å². The number of likely N-dealkylation sites (N-methyl/N-ethyl adjacent to an activating group) is 1. The summed E-state index contributed by atoms with van der Waals surface area (Å²) in [6, 6.07) is 22.0. The molecule has 0 aliphatic heterocycles. The standard InChI is InChI=1S/C32H33N3O4/c1-21-20-33-29(39-18-16-35(2)3)19-27(21)26-13-7-12-24-25(31(32(36)37)34-30(24)26)14-8-17-38-28-15-6-10-22-9-4-5-11-23(22)28/h4-7,9-13,15,19-20,34H,8,14,16-18H2,1-3H3,(H,36,37). The lowest BCUT2D eigenvalue weighted by atomic mass is 9.98. The number of aromatic carboxylic acids is 1. The maximum Gasteiger partial charge on any atom is 0.352 e. The highest BCUT2D eigenvalue weighted by molar-refractivity contribution is 6.03. The molecule has 2 N–H and O–H groups in total. The molecular weight excluding hydrogens is 490 g/mol. The van der Waals surface area contributed by atoms with Crippen LogP contribution in [0, 0.1) is 6.92 Å². The number of rotatable bonds is 11. The van der Waals surface area contributed by atoms with Gasteiger partial charge in [0.05, 0.1) is 12.1 Å².